The van der Waals surface area contributed by atoms with Crippen LogP contribution >= 0.6 is 0 Å². The first kappa shape index (κ1) is 15.9. The number of amides is 2. The van der Waals surface area contributed by atoms with Crippen molar-refractivity contribution in [2.75, 3.05) is 59.5 Å². The zero-order valence-corrected chi connectivity index (χ0v) is 13.4. The molecule has 2 aliphatic rings. The number of carbonyl (C=O) groups excluding carboxylic acids is 2. The number of morpholine rings is 1. The van der Waals surface area contributed by atoms with Crippen LogP contribution < -0.4 is 0 Å². The molecule has 2 amide bonds. The van der Waals surface area contributed by atoms with Crippen molar-refractivity contribution < 1.29 is 14.3 Å². The van der Waals surface area contributed by atoms with Gasteiger partial charge in [-0.05, 0) is 19.2 Å². The van der Waals surface area contributed by atoms with Crippen molar-refractivity contribution in [1.82, 2.24) is 19.7 Å². The molecule has 0 atom stereocenters. The van der Waals surface area contributed by atoms with Crippen molar-refractivity contribution in [3.8, 4) is 0 Å². The second-order valence-electron chi connectivity index (χ2n) is 5.91. The summed E-state index contributed by atoms with van der Waals surface area (Å²) < 4.78 is 5.26. The van der Waals surface area contributed by atoms with Crippen LogP contribution in [0.5, 0.6) is 0 Å². The quantitative estimate of drug-likeness (QED) is 0.764. The molecule has 0 spiro atoms. The Balaban J connectivity index is 1.71. The molecule has 3 rings (SSSR count). The summed E-state index contributed by atoms with van der Waals surface area (Å²) in [6.45, 7) is 5.33. The predicted octanol–water partition coefficient (Wildman–Crippen LogP) is -0.0584. The highest BCUT2D eigenvalue weighted by Gasteiger charge is 2.24. The van der Waals surface area contributed by atoms with Crippen molar-refractivity contribution in [1.29, 1.82) is 0 Å². The molecule has 3 heterocycles. The number of hydrogen-bond donors (Lipinski definition) is 0. The Morgan fingerprint density at radius 1 is 0.913 bits per heavy atom. The van der Waals surface area contributed by atoms with Gasteiger partial charge in [0, 0.05) is 39.3 Å². The Hall–Kier alpha value is -1.99. The highest BCUT2D eigenvalue weighted by atomic mass is 16.5. The van der Waals surface area contributed by atoms with Crippen LogP contribution in [0.3, 0.4) is 0 Å². The van der Waals surface area contributed by atoms with Crippen LogP contribution in [0.15, 0.2) is 18.2 Å². The van der Waals surface area contributed by atoms with E-state index in [4.69, 9.17) is 4.74 Å². The molecule has 2 aliphatic heterocycles. The minimum absolute atomic E-state index is 0.102. The summed E-state index contributed by atoms with van der Waals surface area (Å²) in [5.74, 6) is -0.240. The number of pyridine rings is 1. The van der Waals surface area contributed by atoms with Crippen molar-refractivity contribution >= 4 is 11.8 Å². The standard InChI is InChI=1S/C16H22N4O3/c1-18-5-7-19(8-6-18)15(21)13-3-2-4-14(17-13)16(22)20-9-11-23-12-10-20/h2-4H,5-12H2,1H3. The third-order valence-corrected chi connectivity index (χ3v) is 4.28. The molecule has 124 valence electrons. The van der Waals surface area contributed by atoms with E-state index in [-0.39, 0.29) is 11.8 Å². The number of hydrogen-bond acceptors (Lipinski definition) is 5. The number of rotatable bonds is 2. The molecule has 0 aromatic carbocycles. The molecule has 1 aromatic heterocycles. The molecule has 7 nitrogen and oxygen atoms in total. The SMILES string of the molecule is CN1CCN(C(=O)c2cccc(C(=O)N3CCOCC3)n2)CC1. The predicted molar refractivity (Wildman–Crippen MR) is 84.4 cm³/mol. The lowest BCUT2D eigenvalue weighted by atomic mass is 10.2. The van der Waals surface area contributed by atoms with Gasteiger partial charge in [-0.25, -0.2) is 4.98 Å². The van der Waals surface area contributed by atoms with Gasteiger partial charge in [0.05, 0.1) is 13.2 Å². The maximum Gasteiger partial charge on any atom is 0.272 e. The molecular weight excluding hydrogens is 296 g/mol. The van der Waals surface area contributed by atoms with Gasteiger partial charge < -0.3 is 19.4 Å². The third-order valence-electron chi connectivity index (χ3n) is 4.28. The van der Waals surface area contributed by atoms with E-state index in [1.165, 1.54) is 0 Å². The zero-order chi connectivity index (χ0) is 16.2. The molecule has 7 heteroatoms. The maximum absolute atomic E-state index is 12.6. The van der Waals surface area contributed by atoms with Gasteiger partial charge in [-0.2, -0.15) is 0 Å². The van der Waals surface area contributed by atoms with E-state index in [1.54, 1.807) is 28.0 Å². The van der Waals surface area contributed by atoms with Gasteiger partial charge in [-0.1, -0.05) is 6.07 Å². The Labute approximate surface area is 135 Å². The number of piperazine rings is 1. The Kier molecular flexibility index (Phi) is 4.88. The molecule has 2 saturated heterocycles. The average Bonchev–Trinajstić information content (AvgIpc) is 2.62. The van der Waals surface area contributed by atoms with Crippen molar-refractivity contribution in [3.05, 3.63) is 29.6 Å². The lowest BCUT2D eigenvalue weighted by Crippen LogP contribution is -2.47. The molecule has 0 bridgehead atoms. The molecule has 0 N–H and O–H groups in total. The van der Waals surface area contributed by atoms with Gasteiger partial charge in [0.1, 0.15) is 11.4 Å². The molecular formula is C16H22N4O3. The van der Waals surface area contributed by atoms with Crippen molar-refractivity contribution in [3.63, 3.8) is 0 Å². The fourth-order valence-corrected chi connectivity index (χ4v) is 2.77. The first-order valence-electron chi connectivity index (χ1n) is 7.97. The van der Waals surface area contributed by atoms with Crippen molar-refractivity contribution in [2.45, 2.75) is 0 Å². The second-order valence-corrected chi connectivity index (χ2v) is 5.91. The van der Waals surface area contributed by atoms with Crippen LogP contribution in [-0.2, 0) is 4.74 Å². The van der Waals surface area contributed by atoms with E-state index in [9.17, 15) is 9.59 Å². The normalized spacial score (nSPS) is 19.7. The Morgan fingerprint density at radius 3 is 2.00 bits per heavy atom. The summed E-state index contributed by atoms with van der Waals surface area (Å²) in [4.78, 5) is 35.0. The van der Waals surface area contributed by atoms with Gasteiger partial charge in [0.15, 0.2) is 0 Å². The van der Waals surface area contributed by atoms with Gasteiger partial charge in [-0.3, -0.25) is 9.59 Å². The van der Waals surface area contributed by atoms with E-state index < -0.39 is 0 Å². The van der Waals surface area contributed by atoms with Crippen LogP contribution in [0.1, 0.15) is 21.0 Å². The Bertz CT molecular complexity index is 578. The number of aromatic nitrogens is 1. The van der Waals surface area contributed by atoms with Crippen LogP contribution in [0.25, 0.3) is 0 Å². The Morgan fingerprint density at radius 2 is 1.43 bits per heavy atom. The number of ether oxygens (including phenoxy) is 1. The monoisotopic (exact) mass is 318 g/mol. The number of nitrogens with zero attached hydrogens (tertiary/aromatic N) is 4. The molecule has 0 aliphatic carbocycles. The highest BCUT2D eigenvalue weighted by molar-refractivity contribution is 5.96. The van der Waals surface area contributed by atoms with Gasteiger partial charge >= 0.3 is 0 Å². The third kappa shape index (κ3) is 3.68. The minimum Gasteiger partial charge on any atom is -0.378 e. The zero-order valence-electron chi connectivity index (χ0n) is 13.4. The fraction of sp³-hybridized carbons (Fsp3) is 0.562. The van der Waals surface area contributed by atoms with E-state index >= 15 is 0 Å². The first-order chi connectivity index (χ1) is 11.1. The molecule has 0 unspecified atom stereocenters. The minimum atomic E-state index is -0.138. The lowest BCUT2D eigenvalue weighted by Gasteiger charge is -2.32. The summed E-state index contributed by atoms with van der Waals surface area (Å²) in [6.07, 6.45) is 0. The second kappa shape index (κ2) is 7.06. The molecule has 23 heavy (non-hydrogen) atoms. The lowest BCUT2D eigenvalue weighted by molar-refractivity contribution is 0.0299. The van der Waals surface area contributed by atoms with Crippen LogP contribution in [-0.4, -0.2) is 91.0 Å². The van der Waals surface area contributed by atoms with Gasteiger partial charge in [0.25, 0.3) is 11.8 Å². The summed E-state index contributed by atoms with van der Waals surface area (Å²) in [5, 5.41) is 0. The smallest absolute Gasteiger partial charge is 0.272 e. The largest absolute Gasteiger partial charge is 0.378 e. The van der Waals surface area contributed by atoms with Gasteiger partial charge in [-0.15, -0.1) is 0 Å². The molecule has 1 aromatic rings. The summed E-state index contributed by atoms with van der Waals surface area (Å²) in [5.41, 5.74) is 0.667. The van der Waals surface area contributed by atoms with Gasteiger partial charge in [0.2, 0.25) is 0 Å². The maximum atomic E-state index is 12.6. The van der Waals surface area contributed by atoms with Crippen LogP contribution in [0.2, 0.25) is 0 Å². The number of likely N-dealkylation sites (N-methyl/N-ethyl adjacent to an activating group) is 1. The van der Waals surface area contributed by atoms with Crippen LogP contribution in [0.4, 0.5) is 0 Å². The first-order valence-corrected chi connectivity index (χ1v) is 7.97. The van der Waals surface area contributed by atoms with Crippen molar-refractivity contribution in [2.24, 2.45) is 0 Å². The summed E-state index contributed by atoms with van der Waals surface area (Å²) >= 11 is 0. The topological polar surface area (TPSA) is 66.0 Å². The number of carbonyl (C=O) groups is 2. The fourth-order valence-electron chi connectivity index (χ4n) is 2.77. The van der Waals surface area contributed by atoms with E-state index in [0.29, 0.717) is 50.8 Å². The van der Waals surface area contributed by atoms with E-state index in [2.05, 4.69) is 9.88 Å². The average molecular weight is 318 g/mol. The molecule has 0 saturated carbocycles. The molecule has 2 fully saturated rings. The van der Waals surface area contributed by atoms with Crippen LogP contribution in [0, 0.1) is 0 Å². The summed E-state index contributed by atoms with van der Waals surface area (Å²) in [6, 6.07) is 5.07. The van der Waals surface area contributed by atoms with E-state index in [1.807, 2.05) is 7.05 Å². The molecule has 0 radical (unpaired) electrons. The summed E-state index contributed by atoms with van der Waals surface area (Å²) in [7, 11) is 2.04. The van der Waals surface area contributed by atoms with E-state index in [0.717, 1.165) is 13.1 Å². The highest BCUT2D eigenvalue weighted by Crippen LogP contribution is 2.10.